The van der Waals surface area contributed by atoms with Crippen molar-refractivity contribution in [3.05, 3.63) is 0 Å². The minimum absolute atomic E-state index is 0.310. The minimum Gasteiger partial charge on any atom is -0.468 e. The molecule has 1 aliphatic rings. The summed E-state index contributed by atoms with van der Waals surface area (Å²) in [5.41, 5.74) is 0. The van der Waals surface area contributed by atoms with Crippen LogP contribution in [0.15, 0.2) is 0 Å². The number of esters is 1. The predicted molar refractivity (Wildman–Crippen MR) is 38.9 cm³/mol. The Balaban J connectivity index is 2.46. The molecule has 0 radical (unpaired) electrons. The Morgan fingerprint density at radius 1 is 1.80 bits per heavy atom. The van der Waals surface area contributed by atoms with Gasteiger partial charge in [-0.2, -0.15) is 0 Å². The first-order valence-electron chi connectivity index (χ1n) is 3.13. The van der Waals surface area contributed by atoms with Gasteiger partial charge >= 0.3 is 5.97 Å². The smallest absolute Gasteiger partial charge is 0.321 e. The van der Waals surface area contributed by atoms with Crippen molar-refractivity contribution in [1.29, 1.82) is 0 Å². The molecule has 0 unspecified atom stereocenters. The number of hydrogen-bond acceptors (Lipinski definition) is 4. The van der Waals surface area contributed by atoms with E-state index < -0.39 is 6.10 Å². The Bertz CT molecular complexity index is 137. The van der Waals surface area contributed by atoms with Crippen LogP contribution in [0.3, 0.4) is 0 Å². The number of carbonyl (C=O) groups excluding carboxylic acids is 1. The SMILES string of the molecule is COC(=O)[C@@H]1SCC[C@@H]1O. The van der Waals surface area contributed by atoms with Gasteiger partial charge < -0.3 is 9.84 Å². The van der Waals surface area contributed by atoms with E-state index in [0.717, 1.165) is 5.75 Å². The van der Waals surface area contributed by atoms with Crippen LogP contribution < -0.4 is 0 Å². The van der Waals surface area contributed by atoms with Gasteiger partial charge in [0.15, 0.2) is 0 Å². The van der Waals surface area contributed by atoms with Gasteiger partial charge in [-0.15, -0.1) is 11.8 Å². The van der Waals surface area contributed by atoms with Crippen molar-refractivity contribution in [3.8, 4) is 0 Å². The summed E-state index contributed by atoms with van der Waals surface area (Å²) in [6.07, 6.45) is 0.196. The first-order chi connectivity index (χ1) is 4.75. The highest BCUT2D eigenvalue weighted by molar-refractivity contribution is 8.00. The molecule has 1 heterocycles. The van der Waals surface area contributed by atoms with Gasteiger partial charge in [0.05, 0.1) is 13.2 Å². The lowest BCUT2D eigenvalue weighted by molar-refractivity contribution is -0.141. The molecule has 4 heteroatoms. The molecule has 1 aliphatic heterocycles. The molecule has 0 aliphatic carbocycles. The van der Waals surface area contributed by atoms with Crippen molar-refractivity contribution in [1.82, 2.24) is 0 Å². The fraction of sp³-hybridized carbons (Fsp3) is 0.833. The Morgan fingerprint density at radius 3 is 2.90 bits per heavy atom. The second-order valence-electron chi connectivity index (χ2n) is 2.17. The van der Waals surface area contributed by atoms with Crippen molar-refractivity contribution >= 4 is 17.7 Å². The Labute approximate surface area is 63.8 Å². The molecule has 0 aromatic heterocycles. The minimum atomic E-state index is -0.502. The molecule has 0 amide bonds. The summed E-state index contributed by atoms with van der Waals surface area (Å²) in [6.45, 7) is 0. The Kier molecular flexibility index (Phi) is 2.56. The number of hydrogen-bond donors (Lipinski definition) is 1. The monoisotopic (exact) mass is 162 g/mol. The molecule has 1 rings (SSSR count). The number of aliphatic hydroxyl groups excluding tert-OH is 1. The molecule has 0 aromatic carbocycles. The zero-order valence-electron chi connectivity index (χ0n) is 5.74. The molecule has 0 bridgehead atoms. The zero-order valence-corrected chi connectivity index (χ0v) is 6.56. The van der Waals surface area contributed by atoms with E-state index in [9.17, 15) is 4.79 Å². The maximum absolute atomic E-state index is 10.8. The summed E-state index contributed by atoms with van der Waals surface area (Å²) in [4.78, 5) is 10.8. The highest BCUT2D eigenvalue weighted by Gasteiger charge is 2.32. The summed E-state index contributed by atoms with van der Waals surface area (Å²) in [5.74, 6) is 0.538. The molecule has 1 fully saturated rings. The fourth-order valence-corrected chi connectivity index (χ4v) is 2.14. The van der Waals surface area contributed by atoms with E-state index in [2.05, 4.69) is 4.74 Å². The fourth-order valence-electron chi connectivity index (χ4n) is 0.919. The van der Waals surface area contributed by atoms with Crippen molar-refractivity contribution in [3.63, 3.8) is 0 Å². The quantitative estimate of drug-likeness (QED) is 0.552. The lowest BCUT2D eigenvalue weighted by Gasteiger charge is -2.09. The van der Waals surface area contributed by atoms with Crippen LogP contribution in [-0.2, 0) is 9.53 Å². The average molecular weight is 162 g/mol. The van der Waals surface area contributed by atoms with Crippen molar-refractivity contribution in [2.24, 2.45) is 0 Å². The van der Waals surface area contributed by atoms with Crippen molar-refractivity contribution in [2.45, 2.75) is 17.8 Å². The second-order valence-corrected chi connectivity index (χ2v) is 3.42. The Hall–Kier alpha value is -0.220. The molecular weight excluding hydrogens is 152 g/mol. The first-order valence-corrected chi connectivity index (χ1v) is 4.18. The molecule has 0 aromatic rings. The van der Waals surface area contributed by atoms with E-state index in [0.29, 0.717) is 6.42 Å². The van der Waals surface area contributed by atoms with Gasteiger partial charge in [-0.05, 0) is 12.2 Å². The third-order valence-corrected chi connectivity index (χ3v) is 2.83. The summed E-state index contributed by atoms with van der Waals surface area (Å²) in [7, 11) is 1.34. The van der Waals surface area contributed by atoms with E-state index in [1.165, 1.54) is 18.9 Å². The predicted octanol–water partition coefficient (Wildman–Crippen LogP) is 0.0258. The van der Waals surface area contributed by atoms with Crippen LogP contribution in [0.5, 0.6) is 0 Å². The molecular formula is C6H10O3S. The third-order valence-electron chi connectivity index (χ3n) is 1.49. The van der Waals surface area contributed by atoms with Crippen LogP contribution in [0.25, 0.3) is 0 Å². The molecule has 58 valence electrons. The van der Waals surface area contributed by atoms with Gasteiger partial charge in [-0.3, -0.25) is 4.79 Å². The molecule has 2 atom stereocenters. The molecule has 3 nitrogen and oxygen atoms in total. The van der Waals surface area contributed by atoms with E-state index in [1.54, 1.807) is 0 Å². The van der Waals surface area contributed by atoms with Gasteiger partial charge in [-0.1, -0.05) is 0 Å². The van der Waals surface area contributed by atoms with E-state index in [-0.39, 0.29) is 11.2 Å². The second kappa shape index (κ2) is 3.25. The lowest BCUT2D eigenvalue weighted by atomic mass is 10.2. The maximum atomic E-state index is 10.8. The van der Waals surface area contributed by atoms with E-state index in [1.807, 2.05) is 0 Å². The average Bonchev–Trinajstić information content (AvgIpc) is 2.34. The summed E-state index contributed by atoms with van der Waals surface area (Å²) in [6, 6.07) is 0. The largest absolute Gasteiger partial charge is 0.468 e. The van der Waals surface area contributed by atoms with Crippen LogP contribution >= 0.6 is 11.8 Å². The molecule has 1 saturated heterocycles. The van der Waals surface area contributed by atoms with Gasteiger partial charge in [0, 0.05) is 0 Å². The first kappa shape index (κ1) is 7.88. The topological polar surface area (TPSA) is 46.5 Å². The van der Waals surface area contributed by atoms with Crippen LogP contribution in [0.4, 0.5) is 0 Å². The zero-order chi connectivity index (χ0) is 7.56. The van der Waals surface area contributed by atoms with Crippen molar-refractivity contribution < 1.29 is 14.6 Å². The van der Waals surface area contributed by atoms with Crippen LogP contribution in [-0.4, -0.2) is 35.3 Å². The number of rotatable bonds is 1. The summed E-state index contributed by atoms with van der Waals surface area (Å²) >= 11 is 1.46. The maximum Gasteiger partial charge on any atom is 0.321 e. The number of methoxy groups -OCH3 is 1. The van der Waals surface area contributed by atoms with Gasteiger partial charge in [0.1, 0.15) is 5.25 Å². The Morgan fingerprint density at radius 2 is 2.50 bits per heavy atom. The number of ether oxygens (including phenoxy) is 1. The van der Waals surface area contributed by atoms with E-state index >= 15 is 0 Å². The summed E-state index contributed by atoms with van der Waals surface area (Å²) < 4.78 is 4.48. The normalized spacial score (nSPS) is 32.2. The van der Waals surface area contributed by atoms with Crippen LogP contribution in [0.2, 0.25) is 0 Å². The standard InChI is InChI=1S/C6H10O3S/c1-9-6(8)5-4(7)2-3-10-5/h4-5,7H,2-3H2,1H3/t4-,5+/m0/s1. The van der Waals surface area contributed by atoms with Crippen LogP contribution in [0, 0.1) is 0 Å². The van der Waals surface area contributed by atoms with Crippen LogP contribution in [0.1, 0.15) is 6.42 Å². The highest BCUT2D eigenvalue weighted by atomic mass is 32.2. The summed E-state index contributed by atoms with van der Waals surface area (Å²) in [5, 5.41) is 8.83. The number of aliphatic hydroxyl groups is 1. The molecule has 10 heavy (non-hydrogen) atoms. The number of carbonyl (C=O) groups is 1. The van der Waals surface area contributed by atoms with Gasteiger partial charge in [0.25, 0.3) is 0 Å². The third kappa shape index (κ3) is 1.44. The van der Waals surface area contributed by atoms with Gasteiger partial charge in [-0.25, -0.2) is 0 Å². The van der Waals surface area contributed by atoms with Gasteiger partial charge in [0.2, 0.25) is 0 Å². The van der Waals surface area contributed by atoms with E-state index in [4.69, 9.17) is 5.11 Å². The molecule has 1 N–H and O–H groups in total. The lowest BCUT2D eigenvalue weighted by Crippen LogP contribution is -2.27. The molecule has 0 spiro atoms. The highest BCUT2D eigenvalue weighted by Crippen LogP contribution is 2.27. The van der Waals surface area contributed by atoms with Crippen molar-refractivity contribution in [2.75, 3.05) is 12.9 Å². The molecule has 0 saturated carbocycles. The number of thioether (sulfide) groups is 1.